The van der Waals surface area contributed by atoms with Crippen molar-refractivity contribution in [3.8, 4) is 12.3 Å². The highest BCUT2D eigenvalue weighted by Crippen LogP contribution is 2.21. The van der Waals surface area contributed by atoms with E-state index in [2.05, 4.69) is 15.6 Å². The Morgan fingerprint density at radius 1 is 1.35 bits per heavy atom. The van der Waals surface area contributed by atoms with Crippen molar-refractivity contribution in [2.45, 2.75) is 11.8 Å². The van der Waals surface area contributed by atoms with E-state index in [1.165, 1.54) is 30.5 Å². The summed E-state index contributed by atoms with van der Waals surface area (Å²) >= 11 is 0. The lowest BCUT2D eigenvalue weighted by molar-refractivity contribution is 0.570. The SMILES string of the molecule is C#Cc1cnc(C)c(NS(=O)(=O)c2ccccc2F)c1. The number of hydrogen-bond acceptors (Lipinski definition) is 3. The number of terminal acetylenes is 1. The molecule has 0 saturated heterocycles. The summed E-state index contributed by atoms with van der Waals surface area (Å²) in [5, 5.41) is 0. The summed E-state index contributed by atoms with van der Waals surface area (Å²) in [6.07, 6.45) is 6.70. The lowest BCUT2D eigenvalue weighted by Gasteiger charge is -2.10. The second-order valence-electron chi connectivity index (χ2n) is 4.04. The molecular weight excluding hydrogens is 279 g/mol. The fourth-order valence-corrected chi connectivity index (χ4v) is 2.77. The average molecular weight is 290 g/mol. The van der Waals surface area contributed by atoms with E-state index in [0.29, 0.717) is 11.3 Å². The summed E-state index contributed by atoms with van der Waals surface area (Å²) in [6.45, 7) is 1.62. The van der Waals surface area contributed by atoms with Gasteiger partial charge in [-0.2, -0.15) is 0 Å². The number of nitrogens with zero attached hydrogens (tertiary/aromatic N) is 1. The molecule has 4 nitrogen and oxygen atoms in total. The summed E-state index contributed by atoms with van der Waals surface area (Å²) in [5.74, 6) is 1.54. The van der Waals surface area contributed by atoms with Crippen molar-refractivity contribution in [3.63, 3.8) is 0 Å². The van der Waals surface area contributed by atoms with Crippen LogP contribution in [0, 0.1) is 25.1 Å². The minimum absolute atomic E-state index is 0.226. The number of pyridine rings is 1. The number of halogens is 1. The number of anilines is 1. The number of aryl methyl sites for hydroxylation is 1. The molecule has 0 bridgehead atoms. The van der Waals surface area contributed by atoms with Gasteiger partial charge in [-0.15, -0.1) is 6.42 Å². The first-order valence-electron chi connectivity index (χ1n) is 5.64. The zero-order chi connectivity index (χ0) is 14.8. The van der Waals surface area contributed by atoms with Crippen molar-refractivity contribution in [3.05, 3.63) is 53.6 Å². The second kappa shape index (κ2) is 5.31. The lowest BCUT2D eigenvalue weighted by atomic mass is 10.2. The van der Waals surface area contributed by atoms with E-state index < -0.39 is 20.7 Å². The van der Waals surface area contributed by atoms with E-state index in [1.54, 1.807) is 6.92 Å². The normalized spacial score (nSPS) is 10.8. The third kappa shape index (κ3) is 2.78. The molecule has 0 saturated carbocycles. The van der Waals surface area contributed by atoms with Crippen LogP contribution in [0.5, 0.6) is 0 Å². The molecule has 6 heteroatoms. The first kappa shape index (κ1) is 14.0. The van der Waals surface area contributed by atoms with E-state index in [9.17, 15) is 12.8 Å². The molecule has 0 amide bonds. The van der Waals surface area contributed by atoms with Crippen molar-refractivity contribution in [2.24, 2.45) is 0 Å². The molecule has 1 aromatic carbocycles. The smallest absolute Gasteiger partial charge is 0.264 e. The van der Waals surface area contributed by atoms with E-state index in [-0.39, 0.29) is 5.69 Å². The maximum Gasteiger partial charge on any atom is 0.264 e. The molecule has 102 valence electrons. The molecule has 0 fully saturated rings. The predicted molar refractivity (Wildman–Crippen MR) is 74.1 cm³/mol. The molecule has 20 heavy (non-hydrogen) atoms. The Morgan fingerprint density at radius 2 is 2.05 bits per heavy atom. The van der Waals surface area contributed by atoms with Crippen LogP contribution in [0.3, 0.4) is 0 Å². The summed E-state index contributed by atoms with van der Waals surface area (Å²) in [4.78, 5) is 3.56. The van der Waals surface area contributed by atoms with Crippen LogP contribution in [0.1, 0.15) is 11.3 Å². The molecule has 0 aliphatic carbocycles. The van der Waals surface area contributed by atoms with Gasteiger partial charge < -0.3 is 0 Å². The monoisotopic (exact) mass is 290 g/mol. The summed E-state index contributed by atoms with van der Waals surface area (Å²) in [5.41, 5.74) is 1.11. The van der Waals surface area contributed by atoms with Crippen LogP contribution in [0.2, 0.25) is 0 Å². The third-order valence-corrected chi connectivity index (χ3v) is 4.02. The Labute approximate surface area is 116 Å². The standard InChI is InChI=1S/C14H11FN2O2S/c1-3-11-8-13(10(2)16-9-11)17-20(18,19)14-7-5-4-6-12(14)15/h1,4-9,17H,2H3. The Hall–Kier alpha value is -2.39. The number of aromatic nitrogens is 1. The molecule has 0 unspecified atom stereocenters. The summed E-state index contributed by atoms with van der Waals surface area (Å²) in [6, 6.07) is 6.60. The highest BCUT2D eigenvalue weighted by molar-refractivity contribution is 7.92. The van der Waals surface area contributed by atoms with Gasteiger partial charge >= 0.3 is 0 Å². The Kier molecular flexibility index (Phi) is 3.72. The van der Waals surface area contributed by atoms with Crippen LogP contribution in [-0.2, 0) is 10.0 Å². The quantitative estimate of drug-likeness (QED) is 0.882. The number of sulfonamides is 1. The van der Waals surface area contributed by atoms with Crippen molar-refractivity contribution >= 4 is 15.7 Å². The minimum Gasteiger partial charge on any atom is -0.278 e. The first-order chi connectivity index (χ1) is 9.44. The van der Waals surface area contributed by atoms with Crippen LogP contribution in [-0.4, -0.2) is 13.4 Å². The molecule has 0 aliphatic heterocycles. The molecule has 2 rings (SSSR count). The van der Waals surface area contributed by atoms with E-state index in [1.807, 2.05) is 0 Å². The summed E-state index contributed by atoms with van der Waals surface area (Å²) in [7, 11) is -4.03. The maximum atomic E-state index is 13.6. The number of hydrogen-bond donors (Lipinski definition) is 1. The van der Waals surface area contributed by atoms with Gasteiger partial charge in [0.2, 0.25) is 0 Å². The highest BCUT2D eigenvalue weighted by atomic mass is 32.2. The molecule has 0 atom stereocenters. The van der Waals surface area contributed by atoms with Crippen molar-refractivity contribution in [1.82, 2.24) is 4.98 Å². The van der Waals surface area contributed by atoms with Gasteiger partial charge in [0.1, 0.15) is 10.7 Å². The van der Waals surface area contributed by atoms with Crippen molar-refractivity contribution in [1.29, 1.82) is 0 Å². The molecule has 1 aromatic heterocycles. The summed E-state index contributed by atoms with van der Waals surface area (Å²) < 4.78 is 40.1. The van der Waals surface area contributed by atoms with Gasteiger partial charge in [-0.25, -0.2) is 12.8 Å². The number of rotatable bonds is 3. The molecule has 0 radical (unpaired) electrons. The molecule has 0 aliphatic rings. The van der Waals surface area contributed by atoms with Crippen LogP contribution < -0.4 is 4.72 Å². The predicted octanol–water partition coefficient (Wildman–Crippen LogP) is 2.31. The zero-order valence-electron chi connectivity index (χ0n) is 10.6. The van der Waals surface area contributed by atoms with Gasteiger partial charge in [-0.3, -0.25) is 9.71 Å². The van der Waals surface area contributed by atoms with Crippen molar-refractivity contribution in [2.75, 3.05) is 4.72 Å². The van der Waals surface area contributed by atoms with Gasteiger partial charge in [0.05, 0.1) is 11.4 Å². The van der Waals surface area contributed by atoms with E-state index in [0.717, 1.165) is 6.07 Å². The lowest BCUT2D eigenvalue weighted by Crippen LogP contribution is -2.15. The van der Waals surface area contributed by atoms with Gasteiger partial charge in [0, 0.05) is 11.8 Å². The second-order valence-corrected chi connectivity index (χ2v) is 5.69. The van der Waals surface area contributed by atoms with Crippen LogP contribution in [0.15, 0.2) is 41.4 Å². The Morgan fingerprint density at radius 3 is 2.70 bits per heavy atom. The van der Waals surface area contributed by atoms with E-state index >= 15 is 0 Å². The van der Waals surface area contributed by atoms with Gasteiger partial charge in [0.15, 0.2) is 0 Å². The molecule has 2 aromatic rings. The maximum absolute atomic E-state index is 13.6. The first-order valence-corrected chi connectivity index (χ1v) is 7.13. The molecular formula is C14H11FN2O2S. The van der Waals surface area contributed by atoms with Crippen molar-refractivity contribution < 1.29 is 12.8 Å². The fraction of sp³-hybridized carbons (Fsp3) is 0.0714. The van der Waals surface area contributed by atoms with Crippen LogP contribution in [0.4, 0.5) is 10.1 Å². The molecule has 1 heterocycles. The van der Waals surface area contributed by atoms with Crippen LogP contribution >= 0.6 is 0 Å². The Bertz CT molecular complexity index is 795. The zero-order valence-corrected chi connectivity index (χ0v) is 11.4. The van der Waals surface area contributed by atoms with Gasteiger partial charge in [-0.1, -0.05) is 18.1 Å². The minimum atomic E-state index is -4.03. The number of nitrogens with one attached hydrogen (secondary N) is 1. The topological polar surface area (TPSA) is 59.1 Å². The Balaban J connectivity index is 2.44. The third-order valence-electron chi connectivity index (χ3n) is 2.62. The van der Waals surface area contributed by atoms with E-state index in [4.69, 9.17) is 6.42 Å². The molecule has 1 N–H and O–H groups in total. The van der Waals surface area contributed by atoms with Gasteiger partial charge in [0.25, 0.3) is 10.0 Å². The molecule has 0 spiro atoms. The highest BCUT2D eigenvalue weighted by Gasteiger charge is 2.19. The number of benzene rings is 1. The van der Waals surface area contributed by atoms with Crippen LogP contribution in [0.25, 0.3) is 0 Å². The largest absolute Gasteiger partial charge is 0.278 e. The van der Waals surface area contributed by atoms with Gasteiger partial charge in [-0.05, 0) is 25.1 Å². The fourth-order valence-electron chi connectivity index (χ4n) is 1.58. The average Bonchev–Trinajstić information content (AvgIpc) is 2.41.